The van der Waals surface area contributed by atoms with Crippen LogP contribution in [0.25, 0.3) is 16.6 Å². The van der Waals surface area contributed by atoms with Crippen LogP contribution in [0.2, 0.25) is 0 Å². The molecule has 5 rings (SSSR count). The zero-order valence-corrected chi connectivity index (χ0v) is 15.4. The first kappa shape index (κ1) is 16.6. The van der Waals surface area contributed by atoms with Crippen molar-refractivity contribution in [1.82, 2.24) is 35.1 Å². The van der Waals surface area contributed by atoms with Crippen molar-refractivity contribution >= 4 is 17.3 Å². The Hall–Kier alpha value is -3.55. The van der Waals surface area contributed by atoms with Crippen molar-refractivity contribution < 1.29 is 4.79 Å². The van der Waals surface area contributed by atoms with Crippen molar-refractivity contribution in [3.63, 3.8) is 0 Å². The molecule has 0 aliphatic heterocycles. The fourth-order valence-corrected chi connectivity index (χ4v) is 3.53. The number of carbonyl (C=O) groups is 1. The van der Waals surface area contributed by atoms with Gasteiger partial charge in [0.2, 0.25) is 6.41 Å². The lowest BCUT2D eigenvalue weighted by molar-refractivity contribution is -0.110. The van der Waals surface area contributed by atoms with Crippen LogP contribution in [0.4, 0.5) is 0 Å². The number of aromatic nitrogens is 6. The van der Waals surface area contributed by atoms with E-state index in [0.717, 1.165) is 52.9 Å². The Bertz CT molecular complexity index is 1160. The van der Waals surface area contributed by atoms with Crippen LogP contribution < -0.4 is 5.32 Å². The maximum atomic E-state index is 11.0. The average molecular weight is 373 g/mol. The molecule has 0 spiro atoms. The summed E-state index contributed by atoms with van der Waals surface area (Å²) in [5.74, 6) is 0. The van der Waals surface area contributed by atoms with Gasteiger partial charge in [0.05, 0.1) is 34.7 Å². The van der Waals surface area contributed by atoms with Crippen LogP contribution >= 0.6 is 0 Å². The maximum Gasteiger partial charge on any atom is 0.207 e. The van der Waals surface area contributed by atoms with E-state index in [-0.39, 0.29) is 5.54 Å². The van der Waals surface area contributed by atoms with E-state index < -0.39 is 0 Å². The van der Waals surface area contributed by atoms with E-state index in [1.54, 1.807) is 11.0 Å². The first-order valence-corrected chi connectivity index (χ1v) is 9.21. The molecule has 8 nitrogen and oxygen atoms in total. The highest BCUT2D eigenvalue weighted by atomic mass is 16.1. The number of aryl methyl sites for hydroxylation is 1. The Balaban J connectivity index is 1.48. The van der Waals surface area contributed by atoms with Crippen LogP contribution in [0.15, 0.2) is 48.8 Å². The number of hydrogen-bond acceptors (Lipinski definition) is 5. The number of hydrogen-bond donors (Lipinski definition) is 1. The van der Waals surface area contributed by atoms with Crippen LogP contribution in [0.5, 0.6) is 0 Å². The van der Waals surface area contributed by atoms with Gasteiger partial charge in [-0.3, -0.25) is 14.5 Å². The summed E-state index contributed by atoms with van der Waals surface area (Å²) in [6.45, 7) is 2.46. The third-order valence-electron chi connectivity index (χ3n) is 5.20. The average Bonchev–Trinajstić information content (AvgIpc) is 3.22. The predicted molar refractivity (Wildman–Crippen MR) is 103 cm³/mol. The van der Waals surface area contributed by atoms with Gasteiger partial charge in [-0.2, -0.15) is 20.1 Å². The Labute approximate surface area is 161 Å². The van der Waals surface area contributed by atoms with Crippen molar-refractivity contribution in [2.75, 3.05) is 0 Å². The number of carbonyl (C=O) groups excluding carboxylic acids is 1. The SMILES string of the molecule is Cc1nn(-c2ccccc2)nc1Cn1cc2c(C3(NC=O)CC3)nccc2n1. The molecule has 1 amide bonds. The minimum absolute atomic E-state index is 0.346. The molecule has 3 aromatic heterocycles. The number of nitrogens with zero attached hydrogens (tertiary/aromatic N) is 6. The summed E-state index contributed by atoms with van der Waals surface area (Å²) >= 11 is 0. The molecule has 8 heteroatoms. The van der Waals surface area contributed by atoms with Crippen LogP contribution in [0, 0.1) is 6.92 Å². The highest BCUT2D eigenvalue weighted by Gasteiger charge is 2.46. The normalized spacial score (nSPS) is 14.9. The van der Waals surface area contributed by atoms with E-state index in [1.165, 1.54) is 0 Å². The molecule has 0 atom stereocenters. The van der Waals surface area contributed by atoms with E-state index in [1.807, 2.05) is 54.2 Å². The summed E-state index contributed by atoms with van der Waals surface area (Å²) in [7, 11) is 0. The van der Waals surface area contributed by atoms with Gasteiger partial charge in [-0.05, 0) is 38.0 Å². The minimum atomic E-state index is -0.346. The molecule has 1 aliphatic carbocycles. The summed E-state index contributed by atoms with van der Waals surface area (Å²) < 4.78 is 1.86. The number of pyridine rings is 1. The molecular formula is C20H19N7O. The van der Waals surface area contributed by atoms with Crippen molar-refractivity contribution in [2.45, 2.75) is 31.8 Å². The molecule has 28 heavy (non-hydrogen) atoms. The second-order valence-electron chi connectivity index (χ2n) is 7.12. The van der Waals surface area contributed by atoms with E-state index in [2.05, 4.69) is 25.6 Å². The molecule has 0 bridgehead atoms. The standard InChI is InChI=1S/C20H19N7O/c1-14-18(25-27(23-14)15-5-3-2-4-6-15)12-26-11-16-17(24-26)7-10-21-19(16)20(8-9-20)22-13-28/h2-7,10-11,13H,8-9,12H2,1H3,(H,22,28). The van der Waals surface area contributed by atoms with E-state index in [0.29, 0.717) is 6.54 Å². The number of benzene rings is 1. The Morgan fingerprint density at radius 3 is 2.71 bits per heavy atom. The maximum absolute atomic E-state index is 11.0. The minimum Gasteiger partial charge on any atom is -0.348 e. The molecule has 140 valence electrons. The third-order valence-corrected chi connectivity index (χ3v) is 5.20. The molecule has 1 fully saturated rings. The fraction of sp³-hybridized carbons (Fsp3) is 0.250. The molecule has 4 aromatic rings. The van der Waals surface area contributed by atoms with E-state index in [9.17, 15) is 4.79 Å². The van der Waals surface area contributed by atoms with Crippen molar-refractivity contribution in [2.24, 2.45) is 0 Å². The van der Waals surface area contributed by atoms with E-state index in [4.69, 9.17) is 0 Å². The molecule has 0 radical (unpaired) electrons. The van der Waals surface area contributed by atoms with Gasteiger partial charge in [0.15, 0.2) is 0 Å². The quantitative estimate of drug-likeness (QED) is 0.523. The van der Waals surface area contributed by atoms with Gasteiger partial charge in [0, 0.05) is 17.8 Å². The number of para-hydroxylation sites is 1. The third kappa shape index (κ3) is 2.74. The van der Waals surface area contributed by atoms with Gasteiger partial charge < -0.3 is 5.32 Å². The van der Waals surface area contributed by atoms with Crippen molar-refractivity contribution in [1.29, 1.82) is 0 Å². The highest BCUT2D eigenvalue weighted by molar-refractivity contribution is 5.82. The number of fused-ring (bicyclic) bond motifs is 1. The van der Waals surface area contributed by atoms with Crippen LogP contribution in [-0.4, -0.2) is 36.2 Å². The summed E-state index contributed by atoms with van der Waals surface area (Å²) in [4.78, 5) is 17.2. The Kier molecular flexibility index (Phi) is 3.71. The number of nitrogens with one attached hydrogen (secondary N) is 1. The predicted octanol–water partition coefficient (Wildman–Crippen LogP) is 2.10. The molecule has 3 heterocycles. The first-order valence-electron chi connectivity index (χ1n) is 9.21. The van der Waals surface area contributed by atoms with E-state index >= 15 is 0 Å². The zero-order valence-electron chi connectivity index (χ0n) is 15.4. The second kappa shape index (κ2) is 6.26. The van der Waals surface area contributed by atoms with Gasteiger partial charge in [-0.15, -0.1) is 0 Å². The van der Waals surface area contributed by atoms with Crippen LogP contribution in [-0.2, 0) is 16.9 Å². The van der Waals surface area contributed by atoms with Crippen LogP contribution in [0.1, 0.15) is 29.9 Å². The van der Waals surface area contributed by atoms with Gasteiger partial charge in [-0.25, -0.2) is 0 Å². The van der Waals surface area contributed by atoms with Crippen LogP contribution in [0.3, 0.4) is 0 Å². The molecular weight excluding hydrogens is 354 g/mol. The van der Waals surface area contributed by atoms with Gasteiger partial charge in [-0.1, -0.05) is 18.2 Å². The largest absolute Gasteiger partial charge is 0.348 e. The van der Waals surface area contributed by atoms with Gasteiger partial charge >= 0.3 is 0 Å². The van der Waals surface area contributed by atoms with Crippen molar-refractivity contribution in [3.05, 3.63) is 65.9 Å². The number of rotatable bonds is 6. The highest BCUT2D eigenvalue weighted by Crippen LogP contribution is 2.46. The summed E-state index contributed by atoms with van der Waals surface area (Å²) in [5, 5.41) is 17.7. The second-order valence-corrected chi connectivity index (χ2v) is 7.12. The summed E-state index contributed by atoms with van der Waals surface area (Å²) in [6.07, 6.45) is 6.27. The molecule has 1 aromatic carbocycles. The molecule has 0 saturated heterocycles. The Morgan fingerprint density at radius 1 is 1.14 bits per heavy atom. The zero-order chi connectivity index (χ0) is 19.1. The van der Waals surface area contributed by atoms with Crippen molar-refractivity contribution in [3.8, 4) is 5.69 Å². The smallest absolute Gasteiger partial charge is 0.207 e. The monoisotopic (exact) mass is 373 g/mol. The van der Waals surface area contributed by atoms with Gasteiger partial charge in [0.25, 0.3) is 0 Å². The topological polar surface area (TPSA) is 90.5 Å². The lowest BCUT2D eigenvalue weighted by Crippen LogP contribution is -2.28. The van der Waals surface area contributed by atoms with Gasteiger partial charge in [0.1, 0.15) is 5.69 Å². The first-order chi connectivity index (χ1) is 13.7. The summed E-state index contributed by atoms with van der Waals surface area (Å²) in [5.41, 5.74) is 4.04. The lowest BCUT2D eigenvalue weighted by Gasteiger charge is -2.13. The lowest BCUT2D eigenvalue weighted by atomic mass is 10.1. The molecule has 1 N–H and O–H groups in total. The number of amides is 1. The summed E-state index contributed by atoms with van der Waals surface area (Å²) in [6, 6.07) is 11.7. The Morgan fingerprint density at radius 2 is 1.96 bits per heavy atom. The fourth-order valence-electron chi connectivity index (χ4n) is 3.53. The molecule has 0 unspecified atom stereocenters. The molecule has 1 aliphatic rings. The molecule has 1 saturated carbocycles.